The second-order valence-corrected chi connectivity index (χ2v) is 6.25. The molecular formula is C19H23N3O3. The number of hydrogen-bond donors (Lipinski definition) is 1. The predicted molar refractivity (Wildman–Crippen MR) is 96.8 cm³/mol. The molecule has 0 amide bonds. The highest BCUT2D eigenvalue weighted by Gasteiger charge is 2.27. The van der Waals surface area contributed by atoms with E-state index in [0.717, 1.165) is 42.1 Å². The second kappa shape index (κ2) is 7.63. The van der Waals surface area contributed by atoms with Crippen molar-refractivity contribution in [1.82, 2.24) is 10.2 Å². The molecule has 0 radical (unpaired) electrons. The summed E-state index contributed by atoms with van der Waals surface area (Å²) in [5.74, 6) is 0.872. The van der Waals surface area contributed by atoms with Crippen LogP contribution in [0, 0.1) is 17.0 Å². The second-order valence-electron chi connectivity index (χ2n) is 6.25. The fourth-order valence-electron chi connectivity index (χ4n) is 3.44. The Morgan fingerprint density at radius 3 is 2.84 bits per heavy atom. The summed E-state index contributed by atoms with van der Waals surface area (Å²) >= 11 is 0. The smallest absolute Gasteiger partial charge is 0.272 e. The molecule has 0 aromatic heterocycles. The van der Waals surface area contributed by atoms with Gasteiger partial charge in [0.2, 0.25) is 0 Å². The predicted octanol–water partition coefficient (Wildman–Crippen LogP) is 3.06. The van der Waals surface area contributed by atoms with Gasteiger partial charge in [0.05, 0.1) is 18.1 Å². The zero-order valence-electron chi connectivity index (χ0n) is 14.6. The van der Waals surface area contributed by atoms with E-state index in [0.29, 0.717) is 6.54 Å². The molecule has 6 heteroatoms. The number of nitrogens with zero attached hydrogens (tertiary/aromatic N) is 2. The van der Waals surface area contributed by atoms with E-state index in [1.807, 2.05) is 31.2 Å². The van der Waals surface area contributed by atoms with Gasteiger partial charge in [0.15, 0.2) is 0 Å². The Kier molecular flexibility index (Phi) is 5.31. The van der Waals surface area contributed by atoms with Gasteiger partial charge in [-0.25, -0.2) is 0 Å². The molecule has 0 bridgehead atoms. The highest BCUT2D eigenvalue weighted by molar-refractivity contribution is 5.44. The number of nitro groups is 1. The van der Waals surface area contributed by atoms with Gasteiger partial charge >= 0.3 is 0 Å². The molecule has 1 N–H and O–H groups in total. The number of ether oxygens (including phenoxy) is 1. The van der Waals surface area contributed by atoms with Gasteiger partial charge in [-0.05, 0) is 18.6 Å². The van der Waals surface area contributed by atoms with Crippen LogP contribution in [0.25, 0.3) is 0 Å². The van der Waals surface area contributed by atoms with Gasteiger partial charge in [0.1, 0.15) is 5.75 Å². The maximum atomic E-state index is 11.2. The quantitative estimate of drug-likeness (QED) is 0.669. The lowest BCUT2D eigenvalue weighted by molar-refractivity contribution is -0.385. The number of hydrogen-bond acceptors (Lipinski definition) is 5. The molecule has 1 saturated heterocycles. The topological polar surface area (TPSA) is 67.6 Å². The number of rotatable bonds is 5. The molecule has 1 aliphatic heterocycles. The summed E-state index contributed by atoms with van der Waals surface area (Å²) in [5.41, 5.74) is 3.06. The lowest BCUT2D eigenvalue weighted by Gasteiger charge is -2.37. The molecule has 3 rings (SSSR count). The minimum Gasteiger partial charge on any atom is -0.496 e. The Bertz CT molecular complexity index is 763. The highest BCUT2D eigenvalue weighted by atomic mass is 16.6. The fraction of sp³-hybridized carbons (Fsp3) is 0.368. The third kappa shape index (κ3) is 3.65. The molecule has 25 heavy (non-hydrogen) atoms. The third-order valence-electron chi connectivity index (χ3n) is 4.84. The number of nitrogens with one attached hydrogen (secondary N) is 1. The van der Waals surface area contributed by atoms with E-state index in [-0.39, 0.29) is 16.7 Å². The van der Waals surface area contributed by atoms with Gasteiger partial charge < -0.3 is 10.1 Å². The van der Waals surface area contributed by atoms with Gasteiger partial charge in [0.25, 0.3) is 5.69 Å². The summed E-state index contributed by atoms with van der Waals surface area (Å²) in [7, 11) is 1.68. The van der Waals surface area contributed by atoms with Gasteiger partial charge in [0, 0.05) is 43.4 Å². The molecule has 2 aromatic rings. The minimum absolute atomic E-state index is 0.170. The molecule has 1 aliphatic rings. The SMILES string of the molecule is COc1ccccc1C1CNCCN1Cc1cccc([N+](=O)[O-])c1C. The van der Waals surface area contributed by atoms with E-state index in [9.17, 15) is 10.1 Å². The van der Waals surface area contributed by atoms with Crippen LogP contribution in [-0.4, -0.2) is 36.6 Å². The maximum Gasteiger partial charge on any atom is 0.272 e. The standard InChI is InChI=1S/C19H23N3O3/c1-14-15(6-5-8-17(14)22(23)24)13-21-11-10-20-12-18(21)16-7-3-4-9-19(16)25-2/h3-9,18,20H,10-13H2,1-2H3. The Morgan fingerprint density at radius 1 is 1.28 bits per heavy atom. The molecule has 0 saturated carbocycles. The molecule has 1 atom stereocenters. The Hall–Kier alpha value is -2.44. The maximum absolute atomic E-state index is 11.2. The van der Waals surface area contributed by atoms with E-state index < -0.39 is 0 Å². The number of methoxy groups -OCH3 is 1. The van der Waals surface area contributed by atoms with Crippen molar-refractivity contribution in [2.75, 3.05) is 26.7 Å². The lowest BCUT2D eigenvalue weighted by Crippen LogP contribution is -2.45. The summed E-state index contributed by atoms with van der Waals surface area (Å²) in [6.45, 7) is 5.12. The molecule has 1 heterocycles. The first-order valence-corrected chi connectivity index (χ1v) is 8.42. The van der Waals surface area contributed by atoms with Crippen LogP contribution < -0.4 is 10.1 Å². The van der Waals surface area contributed by atoms with Crippen LogP contribution in [0.3, 0.4) is 0 Å². The van der Waals surface area contributed by atoms with Crippen molar-refractivity contribution in [2.24, 2.45) is 0 Å². The van der Waals surface area contributed by atoms with Crippen molar-refractivity contribution in [3.05, 3.63) is 69.3 Å². The van der Waals surface area contributed by atoms with E-state index in [4.69, 9.17) is 4.74 Å². The van der Waals surface area contributed by atoms with Crippen molar-refractivity contribution in [3.8, 4) is 5.75 Å². The molecule has 2 aromatic carbocycles. The molecule has 0 spiro atoms. The van der Waals surface area contributed by atoms with Crippen LogP contribution in [0.4, 0.5) is 5.69 Å². The van der Waals surface area contributed by atoms with Crippen molar-refractivity contribution >= 4 is 5.69 Å². The number of nitro benzene ring substituents is 1. The van der Waals surface area contributed by atoms with Gasteiger partial charge in [-0.3, -0.25) is 15.0 Å². The van der Waals surface area contributed by atoms with Crippen molar-refractivity contribution < 1.29 is 9.66 Å². The van der Waals surface area contributed by atoms with E-state index in [1.165, 1.54) is 0 Å². The summed E-state index contributed by atoms with van der Waals surface area (Å²) < 4.78 is 5.53. The van der Waals surface area contributed by atoms with Crippen molar-refractivity contribution in [2.45, 2.75) is 19.5 Å². The summed E-state index contributed by atoms with van der Waals surface area (Å²) in [4.78, 5) is 13.3. The third-order valence-corrected chi connectivity index (χ3v) is 4.84. The van der Waals surface area contributed by atoms with Gasteiger partial charge in [-0.15, -0.1) is 0 Å². The first kappa shape index (κ1) is 17.4. The average molecular weight is 341 g/mol. The van der Waals surface area contributed by atoms with Crippen LogP contribution in [0.2, 0.25) is 0 Å². The van der Waals surface area contributed by atoms with E-state index in [1.54, 1.807) is 19.2 Å². The van der Waals surface area contributed by atoms with Gasteiger partial charge in [-0.2, -0.15) is 0 Å². The molecular weight excluding hydrogens is 318 g/mol. The Labute approximate surface area is 147 Å². The lowest BCUT2D eigenvalue weighted by atomic mass is 9.99. The fourth-order valence-corrected chi connectivity index (χ4v) is 3.44. The molecule has 1 unspecified atom stereocenters. The minimum atomic E-state index is -0.311. The zero-order valence-corrected chi connectivity index (χ0v) is 14.6. The summed E-state index contributed by atoms with van der Waals surface area (Å²) in [5, 5.41) is 14.6. The zero-order chi connectivity index (χ0) is 17.8. The molecule has 6 nitrogen and oxygen atoms in total. The molecule has 0 aliphatic carbocycles. The summed E-state index contributed by atoms with van der Waals surface area (Å²) in [6.07, 6.45) is 0. The highest BCUT2D eigenvalue weighted by Crippen LogP contribution is 2.32. The van der Waals surface area contributed by atoms with Crippen molar-refractivity contribution in [3.63, 3.8) is 0 Å². The van der Waals surface area contributed by atoms with Crippen LogP contribution >= 0.6 is 0 Å². The van der Waals surface area contributed by atoms with Crippen molar-refractivity contribution in [1.29, 1.82) is 0 Å². The molecule has 1 fully saturated rings. The first-order valence-electron chi connectivity index (χ1n) is 8.42. The van der Waals surface area contributed by atoms with Crippen LogP contribution in [0.1, 0.15) is 22.7 Å². The Morgan fingerprint density at radius 2 is 2.08 bits per heavy atom. The monoisotopic (exact) mass is 341 g/mol. The van der Waals surface area contributed by atoms with E-state index >= 15 is 0 Å². The van der Waals surface area contributed by atoms with Gasteiger partial charge in [-0.1, -0.05) is 30.3 Å². The van der Waals surface area contributed by atoms with Crippen LogP contribution in [0.15, 0.2) is 42.5 Å². The van der Waals surface area contributed by atoms with Crippen LogP contribution in [-0.2, 0) is 6.54 Å². The average Bonchev–Trinajstić information content (AvgIpc) is 2.63. The Balaban J connectivity index is 1.90. The number of piperazine rings is 1. The normalized spacial score (nSPS) is 18.1. The van der Waals surface area contributed by atoms with E-state index in [2.05, 4.69) is 16.3 Å². The largest absolute Gasteiger partial charge is 0.496 e. The first-order chi connectivity index (χ1) is 12.1. The summed E-state index contributed by atoms with van der Waals surface area (Å²) in [6, 6.07) is 13.5. The number of para-hydroxylation sites is 1. The van der Waals surface area contributed by atoms with Crippen LogP contribution in [0.5, 0.6) is 5.75 Å². The molecule has 132 valence electrons. The number of benzene rings is 2.